The Bertz CT molecular complexity index is 489. The number of hydrogen-bond donors (Lipinski definition) is 1. The monoisotopic (exact) mass is 368 g/mol. The molecule has 0 radical (unpaired) electrons. The molecule has 0 spiro atoms. The van der Waals surface area contributed by atoms with E-state index in [1.807, 2.05) is 18.7 Å². The van der Waals surface area contributed by atoms with Crippen LogP contribution in [0, 0.1) is 0 Å². The molecule has 7 heteroatoms. The van der Waals surface area contributed by atoms with Crippen LogP contribution < -0.4 is 10.6 Å². The molecule has 2 N–H and O–H groups in total. The molecule has 0 bridgehead atoms. The molecule has 1 aromatic rings. The van der Waals surface area contributed by atoms with Gasteiger partial charge in [-0.1, -0.05) is 12.2 Å². The van der Waals surface area contributed by atoms with Crippen molar-refractivity contribution in [3.05, 3.63) is 28.2 Å². The summed E-state index contributed by atoms with van der Waals surface area (Å²) in [6.07, 6.45) is -3.83. The van der Waals surface area contributed by atoms with E-state index in [9.17, 15) is 13.2 Å². The fourth-order valence-corrected chi connectivity index (χ4v) is 2.50. The predicted octanol–water partition coefficient (Wildman–Crippen LogP) is 4.36. The first-order valence-corrected chi connectivity index (χ1v) is 7.24. The van der Waals surface area contributed by atoms with Gasteiger partial charge in [0.05, 0.1) is 16.2 Å². The molecule has 0 aliphatic heterocycles. The largest absolute Gasteiger partial charge is 0.416 e. The van der Waals surface area contributed by atoms with Crippen LogP contribution in [0.5, 0.6) is 0 Å². The lowest BCUT2D eigenvalue weighted by Gasteiger charge is -2.30. The summed E-state index contributed by atoms with van der Waals surface area (Å²) in [5.74, 6) is 0. The summed E-state index contributed by atoms with van der Waals surface area (Å²) < 4.78 is 38.3. The first-order chi connectivity index (χ1) is 9.12. The Hall–Kier alpha value is -0.820. The van der Waals surface area contributed by atoms with Crippen LogP contribution in [-0.2, 0) is 6.18 Å². The molecule has 0 unspecified atom stereocenters. The van der Waals surface area contributed by atoms with Gasteiger partial charge in [-0.25, -0.2) is 0 Å². The van der Waals surface area contributed by atoms with Gasteiger partial charge in [-0.3, -0.25) is 0 Å². The minimum Gasteiger partial charge on any atom is -0.393 e. The fraction of sp³-hybridized carbons (Fsp3) is 0.462. The zero-order chi connectivity index (χ0) is 15.5. The molecule has 0 saturated heterocycles. The van der Waals surface area contributed by atoms with Crippen LogP contribution in [0.3, 0.4) is 0 Å². The van der Waals surface area contributed by atoms with E-state index in [1.165, 1.54) is 6.07 Å². The zero-order valence-corrected chi connectivity index (χ0v) is 13.6. The smallest absolute Gasteiger partial charge is 0.393 e. The maximum atomic E-state index is 12.6. The third-order valence-corrected chi connectivity index (χ3v) is 3.65. The second kappa shape index (κ2) is 6.76. The quantitative estimate of drug-likeness (QED) is 0.782. The number of rotatable bonds is 5. The lowest BCUT2D eigenvalue weighted by Crippen LogP contribution is -2.34. The summed E-state index contributed by atoms with van der Waals surface area (Å²) in [5, 5.41) is 0. The first kappa shape index (κ1) is 17.2. The van der Waals surface area contributed by atoms with E-state index in [0.717, 1.165) is 12.1 Å². The van der Waals surface area contributed by atoms with Crippen molar-refractivity contribution in [3.63, 3.8) is 0 Å². The summed E-state index contributed by atoms with van der Waals surface area (Å²) in [7, 11) is 0. The van der Waals surface area contributed by atoms with E-state index in [2.05, 4.69) is 15.9 Å². The van der Waals surface area contributed by atoms with Gasteiger partial charge in [0.25, 0.3) is 0 Å². The molecule has 0 atom stereocenters. The Morgan fingerprint density at radius 2 is 2.00 bits per heavy atom. The summed E-state index contributed by atoms with van der Waals surface area (Å²) in [6, 6.07) is 3.76. The highest BCUT2D eigenvalue weighted by atomic mass is 79.9. The number of hydrogen-bond acceptors (Lipinski definition) is 2. The normalized spacial score (nSPS) is 11.8. The summed E-state index contributed by atoms with van der Waals surface area (Å²) >= 11 is 8.05. The van der Waals surface area contributed by atoms with Gasteiger partial charge in [0.2, 0.25) is 0 Å². The van der Waals surface area contributed by atoms with E-state index in [0.29, 0.717) is 28.1 Å². The van der Waals surface area contributed by atoms with Crippen molar-refractivity contribution in [1.82, 2.24) is 0 Å². The van der Waals surface area contributed by atoms with Crippen LogP contribution >= 0.6 is 28.1 Å². The number of nitrogens with two attached hydrogens (primary N) is 1. The van der Waals surface area contributed by atoms with Gasteiger partial charge in [-0.15, -0.1) is 0 Å². The standard InChI is InChI=1S/C13H16BrF3N2S/c1-8(2)19(6-5-12(18)20)11-4-3-9(7-10(11)14)13(15,16)17/h3-4,7-8H,5-6H2,1-2H3,(H2,18,20). The Morgan fingerprint density at radius 1 is 1.40 bits per heavy atom. The molecule has 0 heterocycles. The summed E-state index contributed by atoms with van der Waals surface area (Å²) in [5.41, 5.74) is 5.51. The van der Waals surface area contributed by atoms with Gasteiger partial charge < -0.3 is 10.6 Å². The molecule has 0 aromatic heterocycles. The lowest BCUT2D eigenvalue weighted by atomic mass is 10.1. The highest BCUT2D eigenvalue weighted by molar-refractivity contribution is 9.10. The van der Waals surface area contributed by atoms with Gasteiger partial charge in [0, 0.05) is 23.5 Å². The van der Waals surface area contributed by atoms with Crippen LogP contribution in [-0.4, -0.2) is 17.6 Å². The number of anilines is 1. The van der Waals surface area contributed by atoms with Crippen molar-refractivity contribution in [2.75, 3.05) is 11.4 Å². The van der Waals surface area contributed by atoms with Crippen LogP contribution in [0.25, 0.3) is 0 Å². The molecule has 112 valence electrons. The molecule has 1 rings (SSSR count). The third kappa shape index (κ3) is 4.63. The van der Waals surface area contributed by atoms with Gasteiger partial charge in [0.1, 0.15) is 0 Å². The molecule has 2 nitrogen and oxygen atoms in total. The zero-order valence-electron chi connectivity index (χ0n) is 11.2. The lowest BCUT2D eigenvalue weighted by molar-refractivity contribution is -0.137. The molecule has 0 aliphatic carbocycles. The van der Waals surface area contributed by atoms with Crippen molar-refractivity contribution in [2.45, 2.75) is 32.5 Å². The van der Waals surface area contributed by atoms with E-state index < -0.39 is 11.7 Å². The average Bonchev–Trinajstić information content (AvgIpc) is 2.28. The van der Waals surface area contributed by atoms with Crippen molar-refractivity contribution in [3.8, 4) is 0 Å². The van der Waals surface area contributed by atoms with E-state index in [-0.39, 0.29) is 6.04 Å². The maximum absolute atomic E-state index is 12.6. The number of benzene rings is 1. The molecule has 1 aromatic carbocycles. The maximum Gasteiger partial charge on any atom is 0.416 e. The second-order valence-corrected chi connectivity index (χ2v) is 6.05. The van der Waals surface area contributed by atoms with Gasteiger partial charge >= 0.3 is 6.18 Å². The molecule has 20 heavy (non-hydrogen) atoms. The van der Waals surface area contributed by atoms with Gasteiger partial charge in [-0.05, 0) is 48.0 Å². The van der Waals surface area contributed by atoms with E-state index >= 15 is 0 Å². The third-order valence-electron chi connectivity index (χ3n) is 2.81. The van der Waals surface area contributed by atoms with Crippen LogP contribution in [0.2, 0.25) is 0 Å². The topological polar surface area (TPSA) is 29.3 Å². The average molecular weight is 369 g/mol. The van der Waals surface area contributed by atoms with Crippen LogP contribution in [0.1, 0.15) is 25.8 Å². The second-order valence-electron chi connectivity index (χ2n) is 4.67. The minimum absolute atomic E-state index is 0.123. The number of nitrogens with zero attached hydrogens (tertiary/aromatic N) is 1. The van der Waals surface area contributed by atoms with Crippen molar-refractivity contribution >= 4 is 38.8 Å². The van der Waals surface area contributed by atoms with E-state index in [1.54, 1.807) is 0 Å². The summed E-state index contributed by atoms with van der Waals surface area (Å²) in [4.78, 5) is 2.35. The van der Waals surface area contributed by atoms with Crippen molar-refractivity contribution in [2.24, 2.45) is 5.73 Å². The number of thiocarbonyl (C=S) groups is 1. The molecular weight excluding hydrogens is 353 g/mol. The molecule has 0 amide bonds. The van der Waals surface area contributed by atoms with Gasteiger partial charge in [0.15, 0.2) is 0 Å². The predicted molar refractivity (Wildman–Crippen MR) is 83.0 cm³/mol. The first-order valence-electron chi connectivity index (χ1n) is 6.04. The SMILES string of the molecule is CC(C)N(CCC(N)=S)c1ccc(C(F)(F)F)cc1Br. The molecule has 0 aliphatic rings. The van der Waals surface area contributed by atoms with E-state index in [4.69, 9.17) is 18.0 Å². The highest BCUT2D eigenvalue weighted by Gasteiger charge is 2.31. The van der Waals surface area contributed by atoms with Crippen molar-refractivity contribution in [1.29, 1.82) is 0 Å². The summed E-state index contributed by atoms with van der Waals surface area (Å²) in [6.45, 7) is 4.49. The Labute approximate surface area is 130 Å². The minimum atomic E-state index is -4.34. The van der Waals surface area contributed by atoms with Crippen LogP contribution in [0.4, 0.5) is 18.9 Å². The highest BCUT2D eigenvalue weighted by Crippen LogP contribution is 2.35. The number of halogens is 4. The molecule has 0 saturated carbocycles. The Morgan fingerprint density at radius 3 is 2.40 bits per heavy atom. The number of alkyl halides is 3. The molecule has 0 fully saturated rings. The fourth-order valence-electron chi connectivity index (χ4n) is 1.80. The van der Waals surface area contributed by atoms with Gasteiger partial charge in [-0.2, -0.15) is 13.2 Å². The van der Waals surface area contributed by atoms with Crippen molar-refractivity contribution < 1.29 is 13.2 Å². The Balaban J connectivity index is 3.06. The molecular formula is C13H16BrF3N2S. The Kier molecular flexibility index (Phi) is 5.82. The van der Waals surface area contributed by atoms with Crippen LogP contribution in [0.15, 0.2) is 22.7 Å².